The molecule has 4 rings (SSSR count). The molecule has 0 radical (unpaired) electrons. The smallest absolute Gasteiger partial charge is 0.323 e. The third-order valence-electron chi connectivity index (χ3n) is 4.51. The molecule has 0 atom stereocenters. The number of fused-ring (bicyclic) bond motifs is 1. The van der Waals surface area contributed by atoms with E-state index in [1.807, 2.05) is 30.5 Å². The molecule has 1 aliphatic heterocycles. The van der Waals surface area contributed by atoms with Gasteiger partial charge in [-0.2, -0.15) is 0 Å². The number of hydrogen-bond acceptors (Lipinski definition) is 4. The molecule has 128 valence electrons. The van der Waals surface area contributed by atoms with E-state index in [1.165, 1.54) is 6.33 Å². The zero-order valence-electron chi connectivity index (χ0n) is 13.5. The molecule has 2 aromatic heterocycles. The lowest BCUT2D eigenvalue weighted by Crippen LogP contribution is -2.19. The number of aromatic nitrogens is 3. The summed E-state index contributed by atoms with van der Waals surface area (Å²) in [5.41, 5.74) is 2.34. The Morgan fingerprint density at radius 3 is 2.64 bits per heavy atom. The van der Waals surface area contributed by atoms with Gasteiger partial charge >= 0.3 is 5.97 Å². The Kier molecular flexibility index (Phi) is 4.05. The van der Waals surface area contributed by atoms with Crippen molar-refractivity contribution in [2.24, 2.45) is 0 Å². The zero-order valence-corrected chi connectivity index (χ0v) is 14.3. The number of anilines is 1. The average molecular weight is 357 g/mol. The summed E-state index contributed by atoms with van der Waals surface area (Å²) >= 11 is 6.41. The van der Waals surface area contributed by atoms with Gasteiger partial charge in [0.15, 0.2) is 0 Å². The summed E-state index contributed by atoms with van der Waals surface area (Å²) in [6, 6.07) is 7.56. The highest BCUT2D eigenvalue weighted by molar-refractivity contribution is 6.33. The van der Waals surface area contributed by atoms with Gasteiger partial charge in [0.25, 0.3) is 0 Å². The van der Waals surface area contributed by atoms with E-state index in [0.717, 1.165) is 48.3 Å². The van der Waals surface area contributed by atoms with Crippen LogP contribution in [0.2, 0.25) is 5.02 Å². The second-order valence-corrected chi connectivity index (χ2v) is 6.54. The molecule has 1 saturated heterocycles. The van der Waals surface area contributed by atoms with Crippen molar-refractivity contribution >= 4 is 34.4 Å². The maximum absolute atomic E-state index is 11.3. The third-order valence-corrected chi connectivity index (χ3v) is 4.84. The number of halogens is 1. The highest BCUT2D eigenvalue weighted by Crippen LogP contribution is 2.38. The van der Waals surface area contributed by atoms with Crippen molar-refractivity contribution in [3.05, 3.63) is 41.8 Å². The maximum Gasteiger partial charge on any atom is 0.323 e. The van der Waals surface area contributed by atoms with Crippen LogP contribution < -0.4 is 4.90 Å². The molecule has 0 amide bonds. The van der Waals surface area contributed by atoms with E-state index in [9.17, 15) is 9.90 Å². The van der Waals surface area contributed by atoms with E-state index >= 15 is 0 Å². The van der Waals surface area contributed by atoms with Gasteiger partial charge in [0.05, 0.1) is 5.39 Å². The van der Waals surface area contributed by atoms with Gasteiger partial charge in [-0.1, -0.05) is 29.8 Å². The van der Waals surface area contributed by atoms with E-state index < -0.39 is 5.97 Å². The molecule has 1 fully saturated rings. The maximum atomic E-state index is 11.3. The first-order valence-corrected chi connectivity index (χ1v) is 8.58. The molecule has 7 heteroatoms. The van der Waals surface area contributed by atoms with Crippen LogP contribution in [0.5, 0.6) is 0 Å². The number of carboxylic acids is 1. The number of aliphatic carboxylic acids is 1. The van der Waals surface area contributed by atoms with Crippen LogP contribution >= 0.6 is 11.6 Å². The van der Waals surface area contributed by atoms with Crippen LogP contribution in [0.4, 0.5) is 5.82 Å². The fourth-order valence-electron chi connectivity index (χ4n) is 3.43. The van der Waals surface area contributed by atoms with Crippen molar-refractivity contribution in [2.75, 3.05) is 18.0 Å². The van der Waals surface area contributed by atoms with Crippen LogP contribution in [0.3, 0.4) is 0 Å². The van der Waals surface area contributed by atoms with Gasteiger partial charge in [-0.25, -0.2) is 9.97 Å². The van der Waals surface area contributed by atoms with Crippen molar-refractivity contribution in [3.63, 3.8) is 0 Å². The lowest BCUT2D eigenvalue weighted by atomic mass is 10.1. The molecule has 3 aromatic rings. The summed E-state index contributed by atoms with van der Waals surface area (Å²) in [5.74, 6) is -0.0644. The fraction of sp³-hybridized carbons (Fsp3) is 0.278. The second-order valence-electron chi connectivity index (χ2n) is 6.13. The van der Waals surface area contributed by atoms with Gasteiger partial charge in [0.1, 0.15) is 24.3 Å². The number of hydrogen-bond donors (Lipinski definition) is 1. The Morgan fingerprint density at radius 1 is 1.16 bits per heavy atom. The summed E-state index contributed by atoms with van der Waals surface area (Å²) in [6.45, 7) is 1.73. The predicted molar refractivity (Wildman–Crippen MR) is 97.1 cm³/mol. The number of rotatable bonds is 4. The van der Waals surface area contributed by atoms with Gasteiger partial charge in [-0.15, -0.1) is 0 Å². The molecule has 0 unspecified atom stereocenters. The molecule has 1 N–H and O–H groups in total. The third kappa shape index (κ3) is 2.82. The van der Waals surface area contributed by atoms with Crippen molar-refractivity contribution in [2.45, 2.75) is 19.4 Å². The molecule has 0 bridgehead atoms. The number of nitrogens with zero attached hydrogens (tertiary/aromatic N) is 4. The molecule has 3 heterocycles. The summed E-state index contributed by atoms with van der Waals surface area (Å²) in [6.07, 6.45) is 5.57. The minimum absolute atomic E-state index is 0.155. The van der Waals surface area contributed by atoms with Crippen molar-refractivity contribution in [3.8, 4) is 11.1 Å². The minimum Gasteiger partial charge on any atom is -0.480 e. The normalized spacial score (nSPS) is 14.4. The molecule has 25 heavy (non-hydrogen) atoms. The summed E-state index contributed by atoms with van der Waals surface area (Å²) in [7, 11) is 0. The Bertz CT molecular complexity index is 947. The van der Waals surface area contributed by atoms with Crippen LogP contribution in [0.25, 0.3) is 22.2 Å². The summed E-state index contributed by atoms with van der Waals surface area (Å²) in [5, 5.41) is 10.7. The van der Waals surface area contributed by atoms with E-state index in [4.69, 9.17) is 11.6 Å². The van der Waals surface area contributed by atoms with E-state index in [2.05, 4.69) is 14.9 Å². The van der Waals surface area contributed by atoms with Crippen LogP contribution in [0, 0.1) is 0 Å². The van der Waals surface area contributed by atoms with Crippen LogP contribution in [-0.2, 0) is 11.3 Å². The molecule has 1 aromatic carbocycles. The Morgan fingerprint density at radius 2 is 1.92 bits per heavy atom. The SMILES string of the molecule is O=C(O)Cn1cc(-c2ccccc2Cl)c2c(N3CCCC3)ncnc21. The molecule has 6 nitrogen and oxygen atoms in total. The zero-order chi connectivity index (χ0) is 17.4. The predicted octanol–water partition coefficient (Wildman–Crippen LogP) is 3.44. The Balaban J connectivity index is 2.00. The Hall–Kier alpha value is -2.60. The highest BCUT2D eigenvalue weighted by Gasteiger charge is 2.23. The minimum atomic E-state index is -0.913. The first kappa shape index (κ1) is 15.9. The summed E-state index contributed by atoms with van der Waals surface area (Å²) in [4.78, 5) is 22.4. The first-order valence-electron chi connectivity index (χ1n) is 8.20. The number of carbonyl (C=O) groups is 1. The highest BCUT2D eigenvalue weighted by atomic mass is 35.5. The second kappa shape index (κ2) is 6.37. The molecule has 0 aliphatic carbocycles. The van der Waals surface area contributed by atoms with E-state index in [0.29, 0.717) is 10.7 Å². The molecule has 1 aliphatic rings. The first-order chi connectivity index (χ1) is 12.1. The van der Waals surface area contributed by atoms with Gasteiger partial charge < -0.3 is 14.6 Å². The van der Waals surface area contributed by atoms with Crippen molar-refractivity contribution in [1.82, 2.24) is 14.5 Å². The van der Waals surface area contributed by atoms with Crippen molar-refractivity contribution < 1.29 is 9.90 Å². The largest absolute Gasteiger partial charge is 0.480 e. The van der Waals surface area contributed by atoms with Crippen LogP contribution in [0.15, 0.2) is 36.8 Å². The van der Waals surface area contributed by atoms with Crippen LogP contribution in [0.1, 0.15) is 12.8 Å². The van der Waals surface area contributed by atoms with Crippen LogP contribution in [-0.4, -0.2) is 38.7 Å². The van der Waals surface area contributed by atoms with Gasteiger partial charge in [-0.05, 0) is 18.9 Å². The van der Waals surface area contributed by atoms with Gasteiger partial charge in [-0.3, -0.25) is 4.79 Å². The lowest BCUT2D eigenvalue weighted by molar-refractivity contribution is -0.137. The van der Waals surface area contributed by atoms with E-state index in [1.54, 1.807) is 4.57 Å². The molecular formula is C18H17ClN4O2. The lowest BCUT2D eigenvalue weighted by Gasteiger charge is -2.18. The fourth-order valence-corrected chi connectivity index (χ4v) is 3.66. The van der Waals surface area contributed by atoms with Gasteiger partial charge in [0, 0.05) is 35.4 Å². The molecule has 0 saturated carbocycles. The average Bonchev–Trinajstić information content (AvgIpc) is 3.23. The van der Waals surface area contributed by atoms with E-state index in [-0.39, 0.29) is 6.54 Å². The summed E-state index contributed by atoms with van der Waals surface area (Å²) < 4.78 is 1.65. The molecule has 0 spiro atoms. The van der Waals surface area contributed by atoms with Gasteiger partial charge in [0.2, 0.25) is 0 Å². The standard InChI is InChI=1S/C18H17ClN4O2/c19-14-6-2-1-5-12(14)13-9-23(10-15(24)25)18-16(13)17(20-11-21-18)22-7-3-4-8-22/h1-2,5-6,9,11H,3-4,7-8,10H2,(H,24,25). The van der Waals surface area contributed by atoms with Crippen molar-refractivity contribution in [1.29, 1.82) is 0 Å². The quantitative estimate of drug-likeness (QED) is 0.775. The Labute approximate surface area is 149 Å². The monoisotopic (exact) mass is 356 g/mol. The molecular weight excluding hydrogens is 340 g/mol. The topological polar surface area (TPSA) is 71.2 Å². The number of carboxylic acid groups (broad SMARTS) is 1. The number of benzene rings is 1.